The van der Waals surface area contributed by atoms with E-state index in [1.54, 1.807) is 37.4 Å². The smallest absolute Gasteiger partial charge is 0.330 e. The highest BCUT2D eigenvalue weighted by Gasteiger charge is 2.21. The third-order valence-corrected chi connectivity index (χ3v) is 3.71. The van der Waals surface area contributed by atoms with Crippen molar-refractivity contribution in [1.82, 2.24) is 5.32 Å². The summed E-state index contributed by atoms with van der Waals surface area (Å²) >= 11 is 0. The van der Waals surface area contributed by atoms with Gasteiger partial charge in [0.1, 0.15) is 5.75 Å². The van der Waals surface area contributed by atoms with Crippen molar-refractivity contribution < 1.29 is 19.4 Å². The second-order valence-corrected chi connectivity index (χ2v) is 5.45. The first-order chi connectivity index (χ1) is 11.6. The van der Waals surface area contributed by atoms with E-state index in [0.717, 1.165) is 17.7 Å². The Morgan fingerprint density at radius 3 is 2.33 bits per heavy atom. The van der Waals surface area contributed by atoms with E-state index in [9.17, 15) is 14.7 Å². The number of nitrogens with one attached hydrogen (secondary N) is 1. The van der Waals surface area contributed by atoms with Gasteiger partial charge >= 0.3 is 5.97 Å². The molecule has 0 bridgehead atoms. The highest BCUT2D eigenvalue weighted by Crippen LogP contribution is 2.15. The van der Waals surface area contributed by atoms with E-state index in [4.69, 9.17) is 4.74 Å². The summed E-state index contributed by atoms with van der Waals surface area (Å²) in [4.78, 5) is 23.4. The van der Waals surface area contributed by atoms with Crippen molar-refractivity contribution in [2.45, 2.75) is 25.3 Å². The Hall–Kier alpha value is -2.82. The van der Waals surface area contributed by atoms with Crippen LogP contribution < -0.4 is 10.1 Å². The number of hydrogen-bond acceptors (Lipinski definition) is 3. The van der Waals surface area contributed by atoms with Crippen LogP contribution in [0.25, 0.3) is 0 Å². The Balaban J connectivity index is 1.84. The molecule has 0 spiro atoms. The first-order valence-electron chi connectivity index (χ1n) is 7.80. The first-order valence-corrected chi connectivity index (χ1v) is 7.80. The Labute approximate surface area is 141 Å². The number of hydrogen-bond donors (Lipinski definition) is 2. The maximum absolute atomic E-state index is 12.0. The van der Waals surface area contributed by atoms with E-state index in [1.807, 2.05) is 24.3 Å². The van der Waals surface area contributed by atoms with Crippen LogP contribution in [0, 0.1) is 0 Å². The molecule has 0 saturated heterocycles. The number of aryl methyl sites for hydroxylation is 1. The van der Waals surface area contributed by atoms with Gasteiger partial charge in [-0.05, 0) is 36.1 Å². The van der Waals surface area contributed by atoms with Crippen LogP contribution in [0.3, 0.4) is 0 Å². The molecule has 1 atom stereocenters. The molecule has 5 nitrogen and oxygen atoms in total. The topological polar surface area (TPSA) is 75.6 Å². The van der Waals surface area contributed by atoms with Crippen molar-refractivity contribution in [3.8, 4) is 5.75 Å². The number of rotatable bonds is 8. The van der Waals surface area contributed by atoms with Crippen molar-refractivity contribution in [3.05, 3.63) is 65.7 Å². The van der Waals surface area contributed by atoms with Gasteiger partial charge < -0.3 is 15.2 Å². The van der Waals surface area contributed by atoms with Crippen LogP contribution in [0.2, 0.25) is 0 Å². The van der Waals surface area contributed by atoms with Gasteiger partial charge in [-0.3, -0.25) is 4.79 Å². The molecule has 2 aromatic carbocycles. The number of carboxylic acid groups (broad SMARTS) is 1. The molecule has 0 fully saturated rings. The zero-order valence-corrected chi connectivity index (χ0v) is 13.6. The number of benzene rings is 2. The summed E-state index contributed by atoms with van der Waals surface area (Å²) in [6, 6.07) is 15.4. The summed E-state index contributed by atoms with van der Waals surface area (Å²) in [5.74, 6) is -0.534. The second kappa shape index (κ2) is 8.72. The van der Waals surface area contributed by atoms with Crippen molar-refractivity contribution in [3.63, 3.8) is 0 Å². The molecular formula is C19H21NO4. The fraction of sp³-hybridized carbons (Fsp3) is 0.263. The minimum Gasteiger partial charge on any atom is -0.497 e. The monoisotopic (exact) mass is 327 g/mol. The van der Waals surface area contributed by atoms with Crippen molar-refractivity contribution in [2.24, 2.45) is 0 Å². The van der Waals surface area contributed by atoms with E-state index in [0.29, 0.717) is 12.0 Å². The molecule has 0 heterocycles. The summed E-state index contributed by atoms with van der Waals surface area (Å²) in [5.41, 5.74) is 1.68. The number of methoxy groups -OCH3 is 1. The van der Waals surface area contributed by atoms with Crippen molar-refractivity contribution >= 4 is 11.9 Å². The Morgan fingerprint density at radius 2 is 1.75 bits per heavy atom. The average Bonchev–Trinajstić information content (AvgIpc) is 2.61. The van der Waals surface area contributed by atoms with Gasteiger partial charge in [0.05, 0.1) is 7.11 Å². The lowest BCUT2D eigenvalue weighted by molar-refractivity contribution is -0.142. The van der Waals surface area contributed by atoms with Gasteiger partial charge in [-0.2, -0.15) is 0 Å². The SMILES string of the molecule is COc1ccc(CCCC(=O)N[C@H](C(=O)O)c2ccccc2)cc1. The summed E-state index contributed by atoms with van der Waals surface area (Å²) < 4.78 is 5.10. The van der Waals surface area contributed by atoms with Crippen LogP contribution in [0.15, 0.2) is 54.6 Å². The van der Waals surface area contributed by atoms with Gasteiger partial charge in [0, 0.05) is 6.42 Å². The molecule has 0 aliphatic carbocycles. The fourth-order valence-electron chi connectivity index (χ4n) is 2.41. The summed E-state index contributed by atoms with van der Waals surface area (Å²) in [5, 5.41) is 11.9. The minimum absolute atomic E-state index is 0.264. The van der Waals surface area contributed by atoms with E-state index in [2.05, 4.69) is 5.32 Å². The average molecular weight is 327 g/mol. The maximum atomic E-state index is 12.0. The van der Waals surface area contributed by atoms with Gasteiger partial charge in [-0.25, -0.2) is 4.79 Å². The maximum Gasteiger partial charge on any atom is 0.330 e. The molecule has 0 unspecified atom stereocenters. The largest absolute Gasteiger partial charge is 0.497 e. The molecule has 1 amide bonds. The highest BCUT2D eigenvalue weighted by molar-refractivity contribution is 5.84. The molecule has 0 aromatic heterocycles. The zero-order chi connectivity index (χ0) is 17.4. The van der Waals surface area contributed by atoms with Gasteiger partial charge in [0.25, 0.3) is 0 Å². The number of carbonyl (C=O) groups is 2. The molecule has 126 valence electrons. The second-order valence-electron chi connectivity index (χ2n) is 5.45. The van der Waals surface area contributed by atoms with E-state index in [-0.39, 0.29) is 12.3 Å². The fourth-order valence-corrected chi connectivity index (χ4v) is 2.41. The van der Waals surface area contributed by atoms with Gasteiger partial charge in [-0.15, -0.1) is 0 Å². The van der Waals surface area contributed by atoms with Gasteiger partial charge in [-0.1, -0.05) is 42.5 Å². The van der Waals surface area contributed by atoms with E-state index >= 15 is 0 Å². The molecule has 0 aliphatic heterocycles. The van der Waals surface area contributed by atoms with Crippen LogP contribution in [0.1, 0.15) is 30.0 Å². The van der Waals surface area contributed by atoms with Crippen LogP contribution in [0.4, 0.5) is 0 Å². The molecule has 24 heavy (non-hydrogen) atoms. The quantitative estimate of drug-likeness (QED) is 0.781. The van der Waals surface area contributed by atoms with Gasteiger partial charge in [0.2, 0.25) is 5.91 Å². The number of ether oxygens (including phenoxy) is 1. The number of carbonyl (C=O) groups excluding carboxylic acids is 1. The van der Waals surface area contributed by atoms with Crippen LogP contribution >= 0.6 is 0 Å². The predicted molar refractivity (Wildman–Crippen MR) is 90.9 cm³/mol. The number of amides is 1. The molecule has 0 saturated carbocycles. The highest BCUT2D eigenvalue weighted by atomic mass is 16.5. The normalized spacial score (nSPS) is 11.5. The summed E-state index contributed by atoms with van der Waals surface area (Å²) in [6.45, 7) is 0. The lowest BCUT2D eigenvalue weighted by Crippen LogP contribution is -2.33. The molecular weight excluding hydrogens is 306 g/mol. The summed E-state index contributed by atoms with van der Waals surface area (Å²) in [6.07, 6.45) is 1.68. The summed E-state index contributed by atoms with van der Waals surface area (Å²) in [7, 11) is 1.62. The molecule has 5 heteroatoms. The lowest BCUT2D eigenvalue weighted by Gasteiger charge is -2.14. The third kappa shape index (κ3) is 5.12. The molecule has 0 aliphatic rings. The Kier molecular flexibility index (Phi) is 6.37. The van der Waals surface area contributed by atoms with E-state index in [1.165, 1.54) is 0 Å². The standard InChI is InChI=1S/C19H21NO4/c1-24-16-12-10-14(11-13-16)6-5-9-17(21)20-18(19(22)23)15-7-3-2-4-8-15/h2-4,7-8,10-13,18H,5-6,9H2,1H3,(H,20,21)(H,22,23)/t18-/m0/s1. The van der Waals surface area contributed by atoms with Crippen molar-refractivity contribution in [1.29, 1.82) is 0 Å². The first kappa shape index (κ1) is 17.5. The zero-order valence-electron chi connectivity index (χ0n) is 13.6. The number of aliphatic carboxylic acids is 1. The van der Waals surface area contributed by atoms with Gasteiger partial charge in [0.15, 0.2) is 6.04 Å². The molecule has 2 aromatic rings. The van der Waals surface area contributed by atoms with Crippen LogP contribution in [0.5, 0.6) is 5.75 Å². The minimum atomic E-state index is -1.07. The van der Waals surface area contributed by atoms with E-state index < -0.39 is 12.0 Å². The van der Waals surface area contributed by atoms with Crippen LogP contribution in [-0.2, 0) is 16.0 Å². The lowest BCUT2D eigenvalue weighted by atomic mass is 10.1. The molecule has 2 N–H and O–H groups in total. The van der Waals surface area contributed by atoms with Crippen molar-refractivity contribution in [2.75, 3.05) is 7.11 Å². The molecule has 2 rings (SSSR count). The number of carboxylic acids is 1. The third-order valence-electron chi connectivity index (χ3n) is 3.71. The Bertz CT molecular complexity index is 668. The Morgan fingerprint density at radius 1 is 1.08 bits per heavy atom. The predicted octanol–water partition coefficient (Wildman–Crippen LogP) is 2.96. The molecule has 0 radical (unpaired) electrons. The van der Waals surface area contributed by atoms with Crippen LogP contribution in [-0.4, -0.2) is 24.1 Å².